The first-order valence-corrected chi connectivity index (χ1v) is 8.31. The Labute approximate surface area is 130 Å². The molecule has 2 N–H and O–H groups in total. The molecule has 0 spiro atoms. The third-order valence-corrected chi connectivity index (χ3v) is 5.95. The van der Waals surface area contributed by atoms with Gasteiger partial charge < -0.3 is 10.6 Å². The van der Waals surface area contributed by atoms with E-state index >= 15 is 0 Å². The average Bonchev–Trinajstić information content (AvgIpc) is 2.43. The Kier molecular flexibility index (Phi) is 5.11. The minimum absolute atomic E-state index is 0.331. The fraction of sp³-hybridized carbons (Fsp3) is 0.684. The molecule has 0 heterocycles. The molecule has 1 aliphatic carbocycles. The predicted octanol–water partition coefficient (Wildman–Crippen LogP) is 3.83. The Hall–Kier alpha value is -0.860. The van der Waals surface area contributed by atoms with Gasteiger partial charge in [0.05, 0.1) is 0 Å². The average molecular weight is 288 g/mol. The summed E-state index contributed by atoms with van der Waals surface area (Å²) in [7, 11) is 2.25. The number of aryl methyl sites for hydroxylation is 1. The van der Waals surface area contributed by atoms with E-state index in [0.717, 1.165) is 12.5 Å². The van der Waals surface area contributed by atoms with Crippen LogP contribution in [0.2, 0.25) is 0 Å². The maximum absolute atomic E-state index is 6.28. The van der Waals surface area contributed by atoms with Gasteiger partial charge in [-0.3, -0.25) is 0 Å². The third kappa shape index (κ3) is 3.67. The molecule has 2 heteroatoms. The molecule has 0 aromatic heterocycles. The first-order chi connectivity index (χ1) is 9.82. The molecular weight excluding hydrogens is 256 g/mol. The van der Waals surface area contributed by atoms with Gasteiger partial charge in [0.25, 0.3) is 0 Å². The molecular formula is C19H32N2. The number of benzene rings is 1. The molecule has 0 bridgehead atoms. The molecule has 0 amide bonds. The zero-order chi connectivity index (χ0) is 15.6. The first-order valence-electron chi connectivity index (χ1n) is 8.31. The summed E-state index contributed by atoms with van der Waals surface area (Å²) in [5.41, 5.74) is 9.44. The van der Waals surface area contributed by atoms with Crippen LogP contribution in [0.1, 0.15) is 44.7 Å². The number of hydrogen-bond donors (Lipinski definition) is 1. The van der Waals surface area contributed by atoms with Crippen molar-refractivity contribution in [2.45, 2.75) is 53.1 Å². The monoisotopic (exact) mass is 288 g/mol. The highest BCUT2D eigenvalue weighted by atomic mass is 15.1. The van der Waals surface area contributed by atoms with Gasteiger partial charge in [0, 0.05) is 19.1 Å². The van der Waals surface area contributed by atoms with Gasteiger partial charge in [-0.25, -0.2) is 0 Å². The molecule has 0 aliphatic heterocycles. The predicted molar refractivity (Wildman–Crippen MR) is 91.2 cm³/mol. The quantitative estimate of drug-likeness (QED) is 0.912. The summed E-state index contributed by atoms with van der Waals surface area (Å²) in [5.74, 6) is 1.34. The zero-order valence-corrected chi connectivity index (χ0v) is 14.4. The van der Waals surface area contributed by atoms with E-state index < -0.39 is 0 Å². The van der Waals surface area contributed by atoms with Crippen molar-refractivity contribution in [3.63, 3.8) is 0 Å². The lowest BCUT2D eigenvalue weighted by Crippen LogP contribution is -2.49. The molecule has 1 aromatic carbocycles. The van der Waals surface area contributed by atoms with Crippen molar-refractivity contribution in [1.82, 2.24) is 4.90 Å². The molecule has 2 nitrogen and oxygen atoms in total. The number of nitrogens with two attached hydrogens (primary N) is 1. The lowest BCUT2D eigenvalue weighted by molar-refractivity contribution is 0.0324. The summed E-state index contributed by atoms with van der Waals surface area (Å²) in [5, 5.41) is 0. The van der Waals surface area contributed by atoms with Crippen molar-refractivity contribution >= 4 is 0 Å². The van der Waals surface area contributed by atoms with E-state index in [4.69, 9.17) is 5.73 Å². The van der Waals surface area contributed by atoms with Crippen LogP contribution in [0.5, 0.6) is 0 Å². The molecule has 21 heavy (non-hydrogen) atoms. The van der Waals surface area contributed by atoms with E-state index in [9.17, 15) is 0 Å². The van der Waals surface area contributed by atoms with Gasteiger partial charge in [0.1, 0.15) is 0 Å². The van der Waals surface area contributed by atoms with Gasteiger partial charge in [-0.15, -0.1) is 0 Å². The van der Waals surface area contributed by atoms with Gasteiger partial charge >= 0.3 is 0 Å². The lowest BCUT2D eigenvalue weighted by atomic mass is 9.61. The van der Waals surface area contributed by atoms with Crippen molar-refractivity contribution < 1.29 is 0 Å². The topological polar surface area (TPSA) is 29.3 Å². The van der Waals surface area contributed by atoms with Crippen LogP contribution in [0.15, 0.2) is 24.3 Å². The lowest BCUT2D eigenvalue weighted by Gasteiger charge is -2.48. The second-order valence-electron chi connectivity index (χ2n) is 7.67. The van der Waals surface area contributed by atoms with Crippen molar-refractivity contribution in [1.29, 1.82) is 0 Å². The van der Waals surface area contributed by atoms with Gasteiger partial charge in [-0.1, -0.05) is 45.0 Å². The number of hydrogen-bond acceptors (Lipinski definition) is 2. The molecule has 1 fully saturated rings. The molecule has 3 unspecified atom stereocenters. The molecule has 1 saturated carbocycles. The fourth-order valence-electron chi connectivity index (χ4n) is 3.78. The number of rotatable bonds is 4. The minimum atomic E-state index is 0.331. The van der Waals surface area contributed by atoms with Gasteiger partial charge in [-0.2, -0.15) is 0 Å². The van der Waals surface area contributed by atoms with Gasteiger partial charge in [-0.05, 0) is 55.2 Å². The van der Waals surface area contributed by atoms with E-state index in [1.54, 1.807) is 0 Å². The van der Waals surface area contributed by atoms with Crippen LogP contribution < -0.4 is 5.73 Å². The van der Waals surface area contributed by atoms with E-state index in [-0.39, 0.29) is 0 Å². The van der Waals surface area contributed by atoms with Crippen LogP contribution in [0.3, 0.4) is 0 Å². The highest BCUT2D eigenvalue weighted by Crippen LogP contribution is 2.44. The van der Waals surface area contributed by atoms with Crippen LogP contribution in [0.25, 0.3) is 0 Å². The zero-order valence-electron chi connectivity index (χ0n) is 14.4. The van der Waals surface area contributed by atoms with Crippen molar-refractivity contribution in [2.24, 2.45) is 23.0 Å². The van der Waals surface area contributed by atoms with Crippen LogP contribution in [-0.2, 0) is 6.54 Å². The SMILES string of the molecule is Cc1ccccc1CN(C)CC1CCC(N)C(C)C1(C)C. The van der Waals surface area contributed by atoms with Gasteiger partial charge in [0.15, 0.2) is 0 Å². The fourth-order valence-corrected chi connectivity index (χ4v) is 3.78. The normalized spacial score (nSPS) is 28.8. The summed E-state index contributed by atoms with van der Waals surface area (Å²) < 4.78 is 0. The van der Waals surface area contributed by atoms with E-state index in [1.165, 1.54) is 30.5 Å². The Morgan fingerprint density at radius 1 is 1.24 bits per heavy atom. The highest BCUT2D eigenvalue weighted by Gasteiger charge is 2.41. The molecule has 1 aromatic rings. The summed E-state index contributed by atoms with van der Waals surface area (Å²) in [6.45, 7) is 11.6. The van der Waals surface area contributed by atoms with Crippen molar-refractivity contribution in [2.75, 3.05) is 13.6 Å². The van der Waals surface area contributed by atoms with Crippen LogP contribution >= 0.6 is 0 Å². The summed E-state index contributed by atoms with van der Waals surface area (Å²) in [4.78, 5) is 2.48. The van der Waals surface area contributed by atoms with E-state index in [1.807, 2.05) is 0 Å². The molecule has 3 atom stereocenters. The van der Waals surface area contributed by atoms with Gasteiger partial charge in [0.2, 0.25) is 0 Å². The Morgan fingerprint density at radius 3 is 2.57 bits per heavy atom. The molecule has 0 radical (unpaired) electrons. The summed E-state index contributed by atoms with van der Waals surface area (Å²) in [6.07, 6.45) is 2.43. The maximum atomic E-state index is 6.28. The van der Waals surface area contributed by atoms with Crippen LogP contribution in [0.4, 0.5) is 0 Å². The van der Waals surface area contributed by atoms with Crippen molar-refractivity contribution in [3.05, 3.63) is 35.4 Å². The van der Waals surface area contributed by atoms with Crippen LogP contribution in [0, 0.1) is 24.2 Å². The molecule has 2 rings (SSSR count). The first kappa shape index (κ1) is 16.5. The Morgan fingerprint density at radius 2 is 1.90 bits per heavy atom. The Bertz CT molecular complexity index is 466. The smallest absolute Gasteiger partial charge is 0.0233 e. The third-order valence-electron chi connectivity index (χ3n) is 5.95. The summed E-state index contributed by atoms with van der Waals surface area (Å²) in [6, 6.07) is 9.08. The second kappa shape index (κ2) is 6.50. The van der Waals surface area contributed by atoms with Crippen LogP contribution in [-0.4, -0.2) is 24.5 Å². The highest BCUT2D eigenvalue weighted by molar-refractivity contribution is 5.25. The maximum Gasteiger partial charge on any atom is 0.0233 e. The second-order valence-corrected chi connectivity index (χ2v) is 7.67. The standard InChI is InChI=1S/C19H32N2/c1-14-8-6-7-9-16(14)12-21(5)13-17-10-11-18(20)15(2)19(17,3)4/h6-9,15,17-18H,10-13,20H2,1-5H3. The largest absolute Gasteiger partial charge is 0.327 e. The summed E-state index contributed by atoms with van der Waals surface area (Å²) >= 11 is 0. The van der Waals surface area contributed by atoms with E-state index in [0.29, 0.717) is 17.4 Å². The Balaban J connectivity index is 1.99. The molecule has 0 saturated heterocycles. The molecule has 1 aliphatic rings. The molecule has 118 valence electrons. The van der Waals surface area contributed by atoms with E-state index in [2.05, 4.69) is 63.9 Å². The van der Waals surface area contributed by atoms with Crippen molar-refractivity contribution in [3.8, 4) is 0 Å². The minimum Gasteiger partial charge on any atom is -0.327 e. The number of nitrogens with zero attached hydrogens (tertiary/aromatic N) is 1.